The van der Waals surface area contributed by atoms with Crippen LogP contribution in [0.2, 0.25) is 0 Å². The number of fused-ring (bicyclic) bond motifs is 1. The first kappa shape index (κ1) is 13.0. The molecule has 1 aliphatic heterocycles. The lowest BCUT2D eigenvalue weighted by Gasteiger charge is -2.25. The Kier molecular flexibility index (Phi) is 3.36. The summed E-state index contributed by atoms with van der Waals surface area (Å²) >= 11 is 0. The highest BCUT2D eigenvalue weighted by Gasteiger charge is 2.23. The molecular formula is C15H13F2NO2. The number of hydrogen-bond acceptors (Lipinski definition) is 3. The van der Waals surface area contributed by atoms with Gasteiger partial charge in [-0.3, -0.25) is 0 Å². The minimum absolute atomic E-state index is 0.0732. The van der Waals surface area contributed by atoms with E-state index in [-0.39, 0.29) is 12.7 Å². The number of aliphatic hydroxyl groups excluding tert-OH is 1. The highest BCUT2D eigenvalue weighted by atomic mass is 19.1. The average molecular weight is 277 g/mol. The van der Waals surface area contributed by atoms with E-state index in [4.69, 9.17) is 9.84 Å². The van der Waals surface area contributed by atoms with Crippen molar-refractivity contribution in [1.82, 2.24) is 4.98 Å². The molecular weight excluding hydrogens is 264 g/mol. The Morgan fingerprint density at radius 2 is 2.10 bits per heavy atom. The molecule has 0 radical (unpaired) electrons. The van der Waals surface area contributed by atoms with E-state index in [0.717, 1.165) is 11.6 Å². The van der Waals surface area contributed by atoms with E-state index in [0.29, 0.717) is 29.8 Å². The summed E-state index contributed by atoms with van der Waals surface area (Å²) in [6.45, 7) is -0.0732. The lowest BCUT2D eigenvalue weighted by molar-refractivity contribution is 0.0931. The molecule has 0 aliphatic carbocycles. The molecule has 2 aromatic rings. The third-order valence-electron chi connectivity index (χ3n) is 3.44. The van der Waals surface area contributed by atoms with Crippen LogP contribution in [-0.4, -0.2) is 22.8 Å². The summed E-state index contributed by atoms with van der Waals surface area (Å²) in [5.74, 6) is -0.801. The van der Waals surface area contributed by atoms with Crippen molar-refractivity contribution in [2.75, 3.05) is 6.61 Å². The van der Waals surface area contributed by atoms with Gasteiger partial charge < -0.3 is 9.84 Å². The minimum atomic E-state index is -0.609. The highest BCUT2D eigenvalue weighted by Crippen LogP contribution is 2.35. The Hall–Kier alpha value is -2.01. The molecule has 3 rings (SSSR count). The molecule has 0 amide bonds. The third-order valence-corrected chi connectivity index (χ3v) is 3.44. The molecule has 20 heavy (non-hydrogen) atoms. The Labute approximate surface area is 114 Å². The predicted molar refractivity (Wildman–Crippen MR) is 69.4 cm³/mol. The van der Waals surface area contributed by atoms with E-state index in [2.05, 4.69) is 4.98 Å². The number of benzene rings is 1. The quantitative estimate of drug-likeness (QED) is 0.917. The summed E-state index contributed by atoms with van der Waals surface area (Å²) < 4.78 is 32.5. The van der Waals surface area contributed by atoms with Crippen molar-refractivity contribution in [2.24, 2.45) is 0 Å². The fourth-order valence-corrected chi connectivity index (χ4v) is 2.43. The van der Waals surface area contributed by atoms with Crippen LogP contribution in [0.5, 0.6) is 5.88 Å². The molecule has 0 saturated heterocycles. The fourth-order valence-electron chi connectivity index (χ4n) is 2.43. The second kappa shape index (κ2) is 5.17. The van der Waals surface area contributed by atoms with Crippen molar-refractivity contribution in [1.29, 1.82) is 0 Å². The molecule has 0 bridgehead atoms. The van der Waals surface area contributed by atoms with E-state index in [1.807, 2.05) is 0 Å². The van der Waals surface area contributed by atoms with Gasteiger partial charge in [0.25, 0.3) is 0 Å². The van der Waals surface area contributed by atoms with Gasteiger partial charge in [0.05, 0.1) is 6.61 Å². The summed E-state index contributed by atoms with van der Waals surface area (Å²) in [6, 6.07) is 5.20. The fraction of sp³-hybridized carbons (Fsp3) is 0.267. The van der Waals surface area contributed by atoms with E-state index in [1.165, 1.54) is 18.3 Å². The molecule has 5 heteroatoms. The van der Waals surface area contributed by atoms with Gasteiger partial charge in [-0.2, -0.15) is 0 Å². The number of ether oxygens (including phenoxy) is 1. The zero-order valence-corrected chi connectivity index (χ0v) is 10.6. The minimum Gasteiger partial charge on any atom is -0.472 e. The Morgan fingerprint density at radius 1 is 1.25 bits per heavy atom. The van der Waals surface area contributed by atoms with Gasteiger partial charge in [-0.05, 0) is 36.6 Å². The van der Waals surface area contributed by atoms with Crippen LogP contribution in [0, 0.1) is 11.6 Å². The lowest BCUT2D eigenvalue weighted by atomic mass is 9.95. The number of nitrogens with zero attached hydrogens (tertiary/aromatic N) is 1. The number of pyridine rings is 1. The van der Waals surface area contributed by atoms with Crippen molar-refractivity contribution in [3.8, 4) is 17.0 Å². The smallest absolute Gasteiger partial charge is 0.217 e. The van der Waals surface area contributed by atoms with Crippen molar-refractivity contribution in [3.63, 3.8) is 0 Å². The van der Waals surface area contributed by atoms with Crippen LogP contribution in [0.3, 0.4) is 0 Å². The van der Waals surface area contributed by atoms with Crippen LogP contribution in [0.25, 0.3) is 11.1 Å². The predicted octanol–water partition coefficient (Wildman–Crippen LogP) is 2.71. The van der Waals surface area contributed by atoms with Crippen LogP contribution >= 0.6 is 0 Å². The van der Waals surface area contributed by atoms with E-state index >= 15 is 0 Å². The molecule has 1 aliphatic rings. The van der Waals surface area contributed by atoms with E-state index in [1.54, 1.807) is 6.07 Å². The molecule has 3 nitrogen and oxygen atoms in total. The van der Waals surface area contributed by atoms with Gasteiger partial charge in [-0.25, -0.2) is 13.8 Å². The number of aromatic nitrogens is 1. The summed E-state index contributed by atoms with van der Waals surface area (Å²) in [4.78, 5) is 4.12. The van der Waals surface area contributed by atoms with Gasteiger partial charge in [0, 0.05) is 23.4 Å². The van der Waals surface area contributed by atoms with Crippen LogP contribution in [0.4, 0.5) is 8.78 Å². The van der Waals surface area contributed by atoms with Crippen LogP contribution in [-0.2, 0) is 6.42 Å². The van der Waals surface area contributed by atoms with Crippen molar-refractivity contribution in [2.45, 2.75) is 18.9 Å². The number of aliphatic hydroxyl groups is 1. The molecule has 1 unspecified atom stereocenters. The van der Waals surface area contributed by atoms with Gasteiger partial charge in [0.1, 0.15) is 17.7 Å². The number of hydrogen-bond donors (Lipinski definition) is 1. The first-order chi connectivity index (χ1) is 9.69. The highest BCUT2D eigenvalue weighted by molar-refractivity contribution is 5.69. The van der Waals surface area contributed by atoms with Gasteiger partial charge in [-0.1, -0.05) is 0 Å². The van der Waals surface area contributed by atoms with Gasteiger partial charge in [0.15, 0.2) is 0 Å². The normalized spacial score (nSPS) is 17.4. The Balaban J connectivity index is 2.07. The molecule has 0 spiro atoms. The van der Waals surface area contributed by atoms with Gasteiger partial charge >= 0.3 is 0 Å². The largest absolute Gasteiger partial charge is 0.472 e. The molecule has 104 valence electrons. The lowest BCUT2D eigenvalue weighted by Crippen LogP contribution is -2.27. The topological polar surface area (TPSA) is 42.4 Å². The first-order valence-electron chi connectivity index (χ1n) is 6.40. The molecule has 1 aromatic heterocycles. The second-order valence-electron chi connectivity index (χ2n) is 4.73. The third kappa shape index (κ3) is 2.25. The molecule has 1 N–H and O–H groups in total. The van der Waals surface area contributed by atoms with Crippen LogP contribution < -0.4 is 4.74 Å². The van der Waals surface area contributed by atoms with E-state index in [9.17, 15) is 8.78 Å². The summed E-state index contributed by atoms with van der Waals surface area (Å²) in [6.07, 6.45) is 2.53. The van der Waals surface area contributed by atoms with Gasteiger partial charge in [0.2, 0.25) is 5.88 Å². The van der Waals surface area contributed by atoms with Crippen LogP contribution in [0.1, 0.15) is 12.0 Å². The maximum absolute atomic E-state index is 13.9. The molecule has 0 saturated carbocycles. The zero-order valence-electron chi connectivity index (χ0n) is 10.6. The Morgan fingerprint density at radius 3 is 2.85 bits per heavy atom. The van der Waals surface area contributed by atoms with Gasteiger partial charge in [-0.15, -0.1) is 0 Å². The SMILES string of the molecule is OCC1CCc2c(-c3ccc(F)cc3F)ccnc2O1. The monoisotopic (exact) mass is 277 g/mol. The van der Waals surface area contributed by atoms with Crippen LogP contribution in [0.15, 0.2) is 30.5 Å². The standard InChI is InChI=1S/C15H13F2NO2/c16-9-1-3-12(14(17)7-9)11-5-6-18-15-13(11)4-2-10(8-19)20-15/h1,3,5-7,10,19H,2,4,8H2. The maximum atomic E-state index is 13.9. The molecule has 0 fully saturated rings. The number of halogens is 2. The maximum Gasteiger partial charge on any atom is 0.217 e. The molecule has 1 aromatic carbocycles. The summed E-state index contributed by atoms with van der Waals surface area (Å²) in [7, 11) is 0. The van der Waals surface area contributed by atoms with Crippen molar-refractivity contribution >= 4 is 0 Å². The summed E-state index contributed by atoms with van der Waals surface area (Å²) in [5, 5.41) is 9.12. The summed E-state index contributed by atoms with van der Waals surface area (Å²) in [5.41, 5.74) is 1.78. The Bertz CT molecular complexity index is 646. The first-order valence-corrected chi connectivity index (χ1v) is 6.40. The van der Waals surface area contributed by atoms with Crippen molar-refractivity contribution < 1.29 is 18.6 Å². The van der Waals surface area contributed by atoms with E-state index < -0.39 is 11.6 Å². The molecule has 1 atom stereocenters. The number of rotatable bonds is 2. The molecule has 2 heterocycles. The average Bonchev–Trinajstić information content (AvgIpc) is 2.46. The van der Waals surface area contributed by atoms with Crippen molar-refractivity contribution in [3.05, 3.63) is 47.7 Å². The second-order valence-corrected chi connectivity index (χ2v) is 4.73. The zero-order chi connectivity index (χ0) is 14.1.